The molecule has 0 radical (unpaired) electrons. The minimum atomic E-state index is -4.61. The summed E-state index contributed by atoms with van der Waals surface area (Å²) in [6, 6.07) is -0.577. The Balaban J connectivity index is 2.03. The number of aliphatic hydroxyl groups excluding tert-OH is 2. The number of rotatable bonds is 3. The van der Waals surface area contributed by atoms with Crippen LogP contribution in [0.5, 0.6) is 0 Å². The van der Waals surface area contributed by atoms with Crippen LogP contribution in [0.15, 0.2) is 4.99 Å². The van der Waals surface area contributed by atoms with Gasteiger partial charge in [-0.1, -0.05) is 11.8 Å². The van der Waals surface area contributed by atoms with Gasteiger partial charge >= 0.3 is 10.4 Å². The number of ether oxygens (including phenoxy) is 1. The molecule has 0 spiro atoms. The lowest BCUT2D eigenvalue weighted by atomic mass is 9.99. The lowest BCUT2D eigenvalue weighted by Gasteiger charge is -2.37. The molecule has 8 nitrogen and oxygen atoms in total. The van der Waals surface area contributed by atoms with Crippen LogP contribution >= 0.6 is 11.8 Å². The third-order valence-electron chi connectivity index (χ3n) is 2.67. The van der Waals surface area contributed by atoms with E-state index >= 15 is 0 Å². The molecule has 0 saturated carbocycles. The van der Waals surface area contributed by atoms with E-state index < -0.39 is 46.8 Å². The van der Waals surface area contributed by atoms with Gasteiger partial charge in [0.05, 0.1) is 11.7 Å². The van der Waals surface area contributed by atoms with E-state index in [1.165, 1.54) is 11.8 Å². The number of nitrogens with zero attached hydrogens (tertiary/aromatic N) is 1. The van der Waals surface area contributed by atoms with Crippen molar-refractivity contribution in [2.75, 3.05) is 6.61 Å². The summed E-state index contributed by atoms with van der Waals surface area (Å²) in [5.41, 5.74) is -0.488. The predicted molar refractivity (Wildman–Crippen MR) is 62.7 cm³/mol. The van der Waals surface area contributed by atoms with E-state index in [4.69, 9.17) is 9.29 Å². The second-order valence-electron chi connectivity index (χ2n) is 3.99. The minimum absolute atomic E-state index is 0.488. The summed E-state index contributed by atoms with van der Waals surface area (Å²) in [6.07, 6.45) is -3.54. The standard InChI is InChI=1S/C8H13NO7S2/c1-3-9-5-7(11)6(10)4(16-8(5)17-3)2-15-18(12,13)14/h4-8,10-11H,2H2,1H3,(H,12,13,14)/t4-,5?,6-,7-,8?/m1/s1. The summed E-state index contributed by atoms with van der Waals surface area (Å²) in [6.45, 7) is 1.18. The number of hydrogen-bond acceptors (Lipinski definition) is 8. The molecule has 5 atom stereocenters. The molecule has 2 heterocycles. The molecule has 1 saturated heterocycles. The molecule has 10 heteroatoms. The Morgan fingerprint density at radius 3 is 2.72 bits per heavy atom. The molecule has 2 aliphatic rings. The second-order valence-corrected chi connectivity index (χ2v) is 6.38. The van der Waals surface area contributed by atoms with Gasteiger partial charge in [-0.15, -0.1) is 0 Å². The van der Waals surface area contributed by atoms with Crippen LogP contribution in [0.3, 0.4) is 0 Å². The van der Waals surface area contributed by atoms with Crippen molar-refractivity contribution < 1.29 is 32.1 Å². The van der Waals surface area contributed by atoms with Crippen LogP contribution in [0, 0.1) is 0 Å². The molecule has 2 rings (SSSR count). The van der Waals surface area contributed by atoms with Crippen molar-refractivity contribution in [3.05, 3.63) is 0 Å². The molecule has 0 bridgehead atoms. The summed E-state index contributed by atoms with van der Waals surface area (Å²) >= 11 is 1.28. The second kappa shape index (κ2) is 5.04. The van der Waals surface area contributed by atoms with Gasteiger partial charge in [-0.05, 0) is 6.92 Å². The van der Waals surface area contributed by atoms with Crippen LogP contribution < -0.4 is 0 Å². The van der Waals surface area contributed by atoms with E-state index in [9.17, 15) is 18.6 Å². The van der Waals surface area contributed by atoms with Crippen molar-refractivity contribution in [2.24, 2.45) is 4.99 Å². The van der Waals surface area contributed by atoms with Gasteiger partial charge in [-0.3, -0.25) is 9.55 Å². The molecule has 0 amide bonds. The average molecular weight is 299 g/mol. The van der Waals surface area contributed by atoms with E-state index in [0.29, 0.717) is 5.04 Å². The average Bonchev–Trinajstić information content (AvgIpc) is 2.61. The normalized spacial score (nSPS) is 40.4. The smallest absolute Gasteiger partial charge is 0.388 e. The Hall–Kier alpha value is -0.230. The molecule has 1 fully saturated rings. The first-order valence-corrected chi connectivity index (χ1v) is 7.37. The van der Waals surface area contributed by atoms with Crippen LogP contribution in [0.25, 0.3) is 0 Å². The van der Waals surface area contributed by atoms with Crippen LogP contribution in [0.1, 0.15) is 6.92 Å². The Labute approximate surface area is 108 Å². The third-order valence-corrected chi connectivity index (χ3v) is 4.17. The van der Waals surface area contributed by atoms with E-state index in [1.807, 2.05) is 0 Å². The fraction of sp³-hybridized carbons (Fsp3) is 0.875. The highest BCUT2D eigenvalue weighted by Gasteiger charge is 2.47. The van der Waals surface area contributed by atoms with Crippen molar-refractivity contribution in [1.29, 1.82) is 0 Å². The highest BCUT2D eigenvalue weighted by molar-refractivity contribution is 8.14. The third kappa shape index (κ3) is 3.02. The van der Waals surface area contributed by atoms with Crippen molar-refractivity contribution in [3.63, 3.8) is 0 Å². The van der Waals surface area contributed by atoms with Crippen molar-refractivity contribution in [2.45, 2.75) is 36.7 Å². The quantitative estimate of drug-likeness (QED) is 0.554. The van der Waals surface area contributed by atoms with Crippen LogP contribution in [0.2, 0.25) is 0 Å². The minimum Gasteiger partial charge on any atom is -0.388 e. The van der Waals surface area contributed by atoms with Crippen molar-refractivity contribution >= 4 is 27.2 Å². The first-order valence-electron chi connectivity index (χ1n) is 5.12. The van der Waals surface area contributed by atoms with Crippen LogP contribution in [-0.4, -0.2) is 64.6 Å². The molecular weight excluding hydrogens is 286 g/mol. The summed E-state index contributed by atoms with van der Waals surface area (Å²) in [7, 11) is -4.61. The largest absolute Gasteiger partial charge is 0.397 e. The molecule has 3 N–H and O–H groups in total. The van der Waals surface area contributed by atoms with Crippen molar-refractivity contribution in [3.8, 4) is 0 Å². The molecule has 0 aromatic carbocycles. The lowest BCUT2D eigenvalue weighted by molar-refractivity contribution is -0.161. The van der Waals surface area contributed by atoms with E-state index in [2.05, 4.69) is 9.18 Å². The van der Waals surface area contributed by atoms with Gasteiger partial charge in [0.1, 0.15) is 29.8 Å². The lowest BCUT2D eigenvalue weighted by Crippen LogP contribution is -2.56. The highest BCUT2D eigenvalue weighted by Crippen LogP contribution is 2.36. The zero-order valence-electron chi connectivity index (χ0n) is 9.33. The van der Waals surface area contributed by atoms with Gasteiger partial charge in [-0.2, -0.15) is 8.42 Å². The molecular formula is C8H13NO7S2. The Morgan fingerprint density at radius 2 is 2.11 bits per heavy atom. The highest BCUT2D eigenvalue weighted by atomic mass is 32.3. The Bertz CT molecular complexity index is 450. The zero-order valence-corrected chi connectivity index (χ0v) is 11.0. The number of aliphatic imine (C=N–C) groups is 1. The molecule has 0 aliphatic carbocycles. The van der Waals surface area contributed by atoms with E-state index in [-0.39, 0.29) is 0 Å². The summed E-state index contributed by atoms with van der Waals surface area (Å²) in [5.74, 6) is 0. The number of hydrogen-bond donors (Lipinski definition) is 3. The van der Waals surface area contributed by atoms with Crippen LogP contribution in [-0.2, 0) is 19.3 Å². The van der Waals surface area contributed by atoms with Gasteiger partial charge in [0.2, 0.25) is 0 Å². The van der Waals surface area contributed by atoms with E-state index in [1.54, 1.807) is 6.92 Å². The van der Waals surface area contributed by atoms with Crippen LogP contribution in [0.4, 0.5) is 0 Å². The molecule has 0 aromatic rings. The van der Waals surface area contributed by atoms with Gasteiger partial charge in [0.15, 0.2) is 0 Å². The molecule has 2 unspecified atom stereocenters. The topological polar surface area (TPSA) is 126 Å². The molecule has 18 heavy (non-hydrogen) atoms. The SMILES string of the molecule is CC1=NC2C(O[C@H](COS(=O)(=O)O)[C@@H](O)[C@@H]2O)S1. The maximum atomic E-state index is 10.4. The van der Waals surface area contributed by atoms with Gasteiger partial charge < -0.3 is 14.9 Å². The fourth-order valence-electron chi connectivity index (χ4n) is 1.85. The number of aliphatic hydroxyl groups is 2. The molecule has 2 aliphatic heterocycles. The zero-order chi connectivity index (χ0) is 13.5. The fourth-order valence-corrected chi connectivity index (χ4v) is 3.23. The summed E-state index contributed by atoms with van der Waals surface area (Å²) in [5, 5.41) is 20.3. The van der Waals surface area contributed by atoms with Crippen molar-refractivity contribution in [1.82, 2.24) is 0 Å². The summed E-state index contributed by atoms with van der Waals surface area (Å²) in [4.78, 5) is 4.12. The maximum Gasteiger partial charge on any atom is 0.397 e. The first-order chi connectivity index (χ1) is 8.28. The summed E-state index contributed by atoms with van der Waals surface area (Å²) < 4.78 is 38.9. The maximum absolute atomic E-state index is 10.4. The monoisotopic (exact) mass is 299 g/mol. The van der Waals surface area contributed by atoms with Gasteiger partial charge in [0, 0.05) is 0 Å². The predicted octanol–water partition coefficient (Wildman–Crippen LogP) is -1.21. The Morgan fingerprint density at radius 1 is 1.44 bits per heavy atom. The molecule has 104 valence electrons. The Kier molecular flexibility index (Phi) is 3.97. The van der Waals surface area contributed by atoms with Gasteiger partial charge in [0.25, 0.3) is 0 Å². The van der Waals surface area contributed by atoms with Gasteiger partial charge in [-0.25, -0.2) is 4.18 Å². The number of thioether (sulfide) groups is 1. The number of fused-ring (bicyclic) bond motifs is 1. The molecule has 0 aromatic heterocycles. The van der Waals surface area contributed by atoms with E-state index in [0.717, 1.165) is 0 Å². The first kappa shape index (κ1) is 14.2.